The van der Waals surface area contributed by atoms with Gasteiger partial charge in [0.2, 0.25) is 11.8 Å². The number of alkyl carbamates (subject to hydrolysis) is 1. The number of para-hydroxylation sites is 1. The van der Waals surface area contributed by atoms with Crippen LogP contribution in [-0.2, 0) is 32.5 Å². The van der Waals surface area contributed by atoms with Crippen LogP contribution in [0.1, 0.15) is 30.9 Å². The minimum absolute atomic E-state index is 0.0355. The number of piperidine rings is 1. The van der Waals surface area contributed by atoms with Crippen molar-refractivity contribution in [1.29, 1.82) is 0 Å². The smallest absolute Gasteiger partial charge is 0.407 e. The van der Waals surface area contributed by atoms with Crippen molar-refractivity contribution in [2.24, 2.45) is 7.05 Å². The Balaban J connectivity index is 1.65. The van der Waals surface area contributed by atoms with E-state index in [0.29, 0.717) is 23.9 Å². The first-order valence-electron chi connectivity index (χ1n) is 10.5. The summed E-state index contributed by atoms with van der Waals surface area (Å²) in [5.74, 6) is -4.19. The molecule has 10 nitrogen and oxygen atoms in total. The van der Waals surface area contributed by atoms with Crippen molar-refractivity contribution in [3.63, 3.8) is 0 Å². The molecule has 1 aromatic carbocycles. The number of hydrogen-bond acceptors (Lipinski definition) is 6. The van der Waals surface area contributed by atoms with Crippen molar-refractivity contribution in [1.82, 2.24) is 19.8 Å². The van der Waals surface area contributed by atoms with Gasteiger partial charge in [-0.25, -0.2) is 18.4 Å². The van der Waals surface area contributed by atoms with Crippen LogP contribution in [0.4, 0.5) is 13.6 Å². The largest absolute Gasteiger partial charge is 0.443 e. The van der Waals surface area contributed by atoms with E-state index in [9.17, 15) is 28.0 Å². The van der Waals surface area contributed by atoms with Gasteiger partial charge in [-0.2, -0.15) is 0 Å². The van der Waals surface area contributed by atoms with Crippen LogP contribution in [0.25, 0.3) is 11.0 Å². The molecule has 1 aliphatic rings. The van der Waals surface area contributed by atoms with Crippen LogP contribution in [0, 0.1) is 0 Å². The van der Waals surface area contributed by atoms with E-state index < -0.39 is 37.2 Å². The Labute approximate surface area is 187 Å². The molecule has 1 saturated heterocycles. The molecule has 1 atom stereocenters. The van der Waals surface area contributed by atoms with Crippen molar-refractivity contribution in [3.05, 3.63) is 34.2 Å². The standard InChI is InChI=1S/C21H26F2N4O6/c1-24-19(30)33-12-21(22,23)11-32-10-4-6-13-5-3-7-14-17(13)26(2)20(31)27(14)15-8-9-16(28)25-18(15)29/h3,5,7,15H,4,6,8-12H2,1-2H3,(H,24,30)(H,25,28,29). The number of nitrogens with zero attached hydrogens (tertiary/aromatic N) is 2. The summed E-state index contributed by atoms with van der Waals surface area (Å²) in [6.45, 7) is -1.94. The molecular formula is C21H26F2N4O6. The molecule has 2 N–H and O–H groups in total. The summed E-state index contributed by atoms with van der Waals surface area (Å²) in [6.07, 6.45) is 0.292. The van der Waals surface area contributed by atoms with Gasteiger partial charge in [-0.05, 0) is 30.9 Å². The predicted molar refractivity (Wildman–Crippen MR) is 113 cm³/mol. The maximum Gasteiger partial charge on any atom is 0.407 e. The third kappa shape index (κ3) is 5.56. The van der Waals surface area contributed by atoms with E-state index in [1.54, 1.807) is 19.2 Å². The highest BCUT2D eigenvalue weighted by Gasteiger charge is 2.32. The van der Waals surface area contributed by atoms with Gasteiger partial charge >= 0.3 is 17.7 Å². The highest BCUT2D eigenvalue weighted by Crippen LogP contribution is 2.25. The lowest BCUT2D eigenvalue weighted by Crippen LogP contribution is -2.44. The monoisotopic (exact) mass is 468 g/mol. The number of halogens is 2. The number of ether oxygens (including phenoxy) is 2. The van der Waals surface area contributed by atoms with Crippen molar-refractivity contribution in [2.45, 2.75) is 37.6 Å². The fraction of sp³-hybridized carbons (Fsp3) is 0.524. The SMILES string of the molecule is CNC(=O)OCC(F)(F)COCCCc1cccc2c1n(C)c(=O)n2C1CCC(=O)NC1=O. The summed E-state index contributed by atoms with van der Waals surface area (Å²) in [5.41, 5.74) is 1.63. The third-order valence-corrected chi connectivity index (χ3v) is 5.37. The molecule has 0 aliphatic carbocycles. The summed E-state index contributed by atoms with van der Waals surface area (Å²) >= 11 is 0. The predicted octanol–water partition coefficient (Wildman–Crippen LogP) is 1.26. The zero-order valence-corrected chi connectivity index (χ0v) is 18.4. The van der Waals surface area contributed by atoms with Gasteiger partial charge in [-0.1, -0.05) is 12.1 Å². The summed E-state index contributed by atoms with van der Waals surface area (Å²) in [6, 6.07) is 4.53. The topological polar surface area (TPSA) is 121 Å². The number of carbonyl (C=O) groups is 3. The molecule has 0 radical (unpaired) electrons. The number of imide groups is 1. The van der Waals surface area contributed by atoms with Gasteiger partial charge in [0.05, 0.1) is 11.0 Å². The zero-order valence-electron chi connectivity index (χ0n) is 18.4. The number of alkyl halides is 2. The van der Waals surface area contributed by atoms with Gasteiger partial charge < -0.3 is 14.8 Å². The van der Waals surface area contributed by atoms with E-state index in [-0.39, 0.29) is 31.0 Å². The maximum atomic E-state index is 13.7. The average Bonchev–Trinajstić information content (AvgIpc) is 3.03. The highest BCUT2D eigenvalue weighted by atomic mass is 19.3. The minimum atomic E-state index is -3.31. The van der Waals surface area contributed by atoms with Crippen molar-refractivity contribution in [2.75, 3.05) is 26.9 Å². The maximum absolute atomic E-state index is 13.7. The zero-order chi connectivity index (χ0) is 24.2. The lowest BCUT2D eigenvalue weighted by molar-refractivity contribution is -0.135. The average molecular weight is 468 g/mol. The van der Waals surface area contributed by atoms with Gasteiger partial charge in [0.1, 0.15) is 12.6 Å². The first-order chi connectivity index (χ1) is 15.6. The lowest BCUT2D eigenvalue weighted by atomic mass is 10.0. The number of imidazole rings is 1. The van der Waals surface area contributed by atoms with Crippen LogP contribution in [0.2, 0.25) is 0 Å². The number of benzene rings is 1. The fourth-order valence-electron chi connectivity index (χ4n) is 3.82. The van der Waals surface area contributed by atoms with Crippen LogP contribution < -0.4 is 16.3 Å². The quantitative estimate of drug-likeness (QED) is 0.422. The number of nitrogens with one attached hydrogen (secondary N) is 2. The first-order valence-corrected chi connectivity index (χ1v) is 10.5. The molecule has 1 aromatic heterocycles. The summed E-state index contributed by atoms with van der Waals surface area (Å²) in [4.78, 5) is 47.6. The van der Waals surface area contributed by atoms with E-state index in [2.05, 4.69) is 15.4 Å². The van der Waals surface area contributed by atoms with Crippen LogP contribution in [-0.4, -0.2) is 59.8 Å². The molecule has 33 heavy (non-hydrogen) atoms. The Morgan fingerprint density at radius 2 is 2.03 bits per heavy atom. The second-order valence-electron chi connectivity index (χ2n) is 7.80. The highest BCUT2D eigenvalue weighted by molar-refractivity contribution is 6.00. The second kappa shape index (κ2) is 10.1. The van der Waals surface area contributed by atoms with E-state index >= 15 is 0 Å². The Kier molecular flexibility index (Phi) is 7.46. The lowest BCUT2D eigenvalue weighted by Gasteiger charge is -2.22. The van der Waals surface area contributed by atoms with Crippen LogP contribution in [0.15, 0.2) is 23.0 Å². The molecule has 1 fully saturated rings. The summed E-state index contributed by atoms with van der Waals surface area (Å²) in [7, 11) is 2.87. The number of amides is 3. The second-order valence-corrected chi connectivity index (χ2v) is 7.80. The van der Waals surface area contributed by atoms with Crippen LogP contribution in [0.5, 0.6) is 0 Å². The Bertz CT molecular complexity index is 1110. The molecule has 3 rings (SSSR count). The molecule has 0 saturated carbocycles. The van der Waals surface area contributed by atoms with Gasteiger partial charge in [0.25, 0.3) is 0 Å². The molecule has 2 heterocycles. The number of hydrogen-bond donors (Lipinski definition) is 2. The van der Waals surface area contributed by atoms with Gasteiger partial charge in [0.15, 0.2) is 6.61 Å². The minimum Gasteiger partial charge on any atom is -0.443 e. The van der Waals surface area contributed by atoms with Crippen LogP contribution in [0.3, 0.4) is 0 Å². The molecular weight excluding hydrogens is 442 g/mol. The van der Waals surface area contributed by atoms with Crippen molar-refractivity contribution in [3.8, 4) is 0 Å². The van der Waals surface area contributed by atoms with Gasteiger partial charge in [-0.15, -0.1) is 0 Å². The van der Waals surface area contributed by atoms with E-state index in [0.717, 1.165) is 5.56 Å². The van der Waals surface area contributed by atoms with Gasteiger partial charge in [-0.3, -0.25) is 24.0 Å². The normalized spacial score (nSPS) is 16.7. The number of carbonyl (C=O) groups excluding carboxylic acids is 3. The number of rotatable bonds is 9. The Hall–Kier alpha value is -3.28. The number of fused-ring (bicyclic) bond motifs is 1. The van der Waals surface area contributed by atoms with E-state index in [4.69, 9.17) is 4.74 Å². The molecule has 12 heteroatoms. The number of aromatic nitrogens is 2. The third-order valence-electron chi connectivity index (χ3n) is 5.37. The summed E-state index contributed by atoms with van der Waals surface area (Å²) < 4.78 is 39.6. The molecule has 3 amide bonds. The molecule has 180 valence electrons. The Morgan fingerprint density at radius 1 is 1.27 bits per heavy atom. The van der Waals surface area contributed by atoms with Crippen LogP contribution >= 0.6 is 0 Å². The van der Waals surface area contributed by atoms with E-state index in [1.165, 1.54) is 16.2 Å². The van der Waals surface area contributed by atoms with Crippen molar-refractivity contribution >= 4 is 28.9 Å². The molecule has 0 bridgehead atoms. The van der Waals surface area contributed by atoms with Gasteiger partial charge in [0, 0.05) is 27.1 Å². The first kappa shape index (κ1) is 24.4. The fourth-order valence-corrected chi connectivity index (χ4v) is 3.82. The Morgan fingerprint density at radius 3 is 2.73 bits per heavy atom. The molecule has 0 spiro atoms. The number of aryl methyl sites for hydroxylation is 2. The molecule has 1 aliphatic heterocycles. The van der Waals surface area contributed by atoms with E-state index in [1.807, 2.05) is 6.07 Å². The molecule has 2 aromatic rings. The molecule has 1 unspecified atom stereocenters. The van der Waals surface area contributed by atoms with Crippen molar-refractivity contribution < 1.29 is 32.6 Å². The summed E-state index contributed by atoms with van der Waals surface area (Å²) in [5, 5.41) is 4.35.